The molecule has 1 aliphatic heterocycles. The van der Waals surface area contributed by atoms with E-state index in [9.17, 15) is 23.1 Å². The number of hydrogen-bond acceptors (Lipinski definition) is 5. The van der Waals surface area contributed by atoms with Gasteiger partial charge in [-0.2, -0.15) is 8.42 Å². The Hall–Kier alpha value is -2.81. The summed E-state index contributed by atoms with van der Waals surface area (Å²) in [6, 6.07) is 9.20. The SMILES string of the molecule is O=C1CN(c2ccc(Cc3cccc(=O)[nH]3)cc2O)S(=O)(=O)N1. The minimum Gasteiger partial charge on any atom is -0.506 e. The molecule has 2 heterocycles. The van der Waals surface area contributed by atoms with Crippen LogP contribution in [0.5, 0.6) is 5.75 Å². The third-order valence-corrected chi connectivity index (χ3v) is 4.74. The molecule has 8 nitrogen and oxygen atoms in total. The molecule has 3 N–H and O–H groups in total. The zero-order valence-corrected chi connectivity index (χ0v) is 12.6. The second kappa shape index (κ2) is 5.43. The minimum atomic E-state index is -3.96. The Morgan fingerprint density at radius 1 is 1.17 bits per heavy atom. The summed E-state index contributed by atoms with van der Waals surface area (Å²) in [6.07, 6.45) is 0.369. The summed E-state index contributed by atoms with van der Waals surface area (Å²) < 4.78 is 26.2. The summed E-state index contributed by atoms with van der Waals surface area (Å²) in [5.41, 5.74) is 1.14. The average Bonchev–Trinajstić information content (AvgIpc) is 2.72. The Kier molecular flexibility index (Phi) is 3.57. The largest absolute Gasteiger partial charge is 0.506 e. The maximum absolute atomic E-state index is 11.8. The fourth-order valence-corrected chi connectivity index (χ4v) is 3.53. The molecule has 1 fully saturated rings. The molecule has 0 radical (unpaired) electrons. The molecule has 1 amide bonds. The van der Waals surface area contributed by atoms with Gasteiger partial charge in [0.05, 0.1) is 5.69 Å². The molecule has 0 bridgehead atoms. The fraction of sp³-hybridized carbons (Fsp3) is 0.143. The fourth-order valence-electron chi connectivity index (χ4n) is 2.37. The van der Waals surface area contributed by atoms with E-state index in [0.717, 1.165) is 4.31 Å². The van der Waals surface area contributed by atoms with Crippen molar-refractivity contribution in [1.29, 1.82) is 0 Å². The van der Waals surface area contributed by atoms with E-state index in [-0.39, 0.29) is 23.5 Å². The Morgan fingerprint density at radius 2 is 1.96 bits per heavy atom. The third-order valence-electron chi connectivity index (χ3n) is 3.35. The van der Waals surface area contributed by atoms with E-state index in [2.05, 4.69) is 4.98 Å². The number of H-pyrrole nitrogens is 1. The monoisotopic (exact) mass is 335 g/mol. The number of phenolic OH excluding ortho intramolecular Hbond substituents is 1. The van der Waals surface area contributed by atoms with Gasteiger partial charge < -0.3 is 10.1 Å². The summed E-state index contributed by atoms with van der Waals surface area (Å²) in [7, 11) is -3.96. The Labute approximate surface area is 131 Å². The number of carbonyl (C=O) groups excluding carboxylic acids is 1. The molecule has 9 heteroatoms. The smallest absolute Gasteiger partial charge is 0.326 e. The second-order valence-corrected chi connectivity index (χ2v) is 6.67. The summed E-state index contributed by atoms with van der Waals surface area (Å²) in [4.78, 5) is 25.2. The van der Waals surface area contributed by atoms with E-state index in [1.165, 1.54) is 18.2 Å². The van der Waals surface area contributed by atoms with Crippen molar-refractivity contribution >= 4 is 21.8 Å². The molecule has 2 aromatic rings. The van der Waals surface area contributed by atoms with Crippen molar-refractivity contribution in [2.24, 2.45) is 0 Å². The first-order valence-electron chi connectivity index (χ1n) is 6.68. The highest BCUT2D eigenvalue weighted by molar-refractivity contribution is 7.92. The van der Waals surface area contributed by atoms with E-state index in [4.69, 9.17) is 0 Å². The van der Waals surface area contributed by atoms with Gasteiger partial charge in [-0.1, -0.05) is 12.1 Å². The van der Waals surface area contributed by atoms with Crippen LogP contribution in [-0.4, -0.2) is 31.0 Å². The third kappa shape index (κ3) is 3.04. The predicted octanol–water partition coefficient (Wildman–Crippen LogP) is -0.148. The number of aromatic amines is 1. The highest BCUT2D eigenvalue weighted by atomic mass is 32.2. The molecule has 1 aromatic carbocycles. The lowest BCUT2D eigenvalue weighted by molar-refractivity contribution is -0.117. The van der Waals surface area contributed by atoms with Crippen molar-refractivity contribution in [2.45, 2.75) is 6.42 Å². The standard InChI is InChI=1S/C14H13N3O5S/c18-12-7-9(6-10-2-1-3-13(19)15-10)4-5-11(12)17-8-14(20)16-23(17,21)22/h1-5,7,18H,6,8H2,(H,15,19)(H,16,20). The van der Waals surface area contributed by atoms with Crippen molar-refractivity contribution in [2.75, 3.05) is 10.8 Å². The lowest BCUT2D eigenvalue weighted by Gasteiger charge is -2.16. The summed E-state index contributed by atoms with van der Waals surface area (Å²) in [6.45, 7) is -0.374. The second-order valence-electron chi connectivity index (χ2n) is 5.08. The molecule has 0 saturated carbocycles. The van der Waals surface area contributed by atoms with Crippen LogP contribution in [0.15, 0.2) is 41.2 Å². The molecule has 120 valence electrons. The lowest BCUT2D eigenvalue weighted by Crippen LogP contribution is -2.29. The van der Waals surface area contributed by atoms with E-state index in [1.807, 2.05) is 4.72 Å². The van der Waals surface area contributed by atoms with Crippen molar-refractivity contribution in [3.8, 4) is 5.75 Å². The first kappa shape index (κ1) is 15.1. The number of nitrogens with zero attached hydrogens (tertiary/aromatic N) is 1. The number of phenols is 1. The highest BCUT2D eigenvalue weighted by Crippen LogP contribution is 2.31. The number of hydrogen-bond donors (Lipinski definition) is 3. The van der Waals surface area contributed by atoms with Crippen LogP contribution in [0.4, 0.5) is 5.69 Å². The molecular weight excluding hydrogens is 322 g/mol. The van der Waals surface area contributed by atoms with Gasteiger partial charge in [0, 0.05) is 18.2 Å². The van der Waals surface area contributed by atoms with Crippen LogP contribution >= 0.6 is 0 Å². The van der Waals surface area contributed by atoms with Crippen LogP contribution in [-0.2, 0) is 21.4 Å². The molecule has 0 spiro atoms. The normalized spacial score (nSPS) is 16.3. The van der Waals surface area contributed by atoms with E-state index >= 15 is 0 Å². The molecule has 3 rings (SSSR count). The molecule has 1 saturated heterocycles. The number of nitrogens with one attached hydrogen (secondary N) is 2. The number of rotatable bonds is 3. The zero-order valence-electron chi connectivity index (χ0n) is 11.8. The highest BCUT2D eigenvalue weighted by Gasteiger charge is 2.35. The van der Waals surface area contributed by atoms with Crippen LogP contribution < -0.4 is 14.6 Å². The topological polar surface area (TPSA) is 120 Å². The van der Waals surface area contributed by atoms with Gasteiger partial charge in [-0.3, -0.25) is 9.59 Å². The minimum absolute atomic E-state index is 0.0219. The van der Waals surface area contributed by atoms with Crippen LogP contribution in [0.3, 0.4) is 0 Å². The number of carbonyl (C=O) groups is 1. The molecule has 0 atom stereocenters. The van der Waals surface area contributed by atoms with Gasteiger partial charge in [0.25, 0.3) is 5.91 Å². The van der Waals surface area contributed by atoms with Gasteiger partial charge in [-0.15, -0.1) is 0 Å². The van der Waals surface area contributed by atoms with Crippen LogP contribution in [0.25, 0.3) is 0 Å². The number of amides is 1. The van der Waals surface area contributed by atoms with Crippen LogP contribution in [0.2, 0.25) is 0 Å². The van der Waals surface area contributed by atoms with E-state index in [0.29, 0.717) is 17.7 Å². The molecule has 0 unspecified atom stereocenters. The van der Waals surface area contributed by atoms with Gasteiger partial charge in [0.1, 0.15) is 12.3 Å². The van der Waals surface area contributed by atoms with E-state index < -0.39 is 16.1 Å². The van der Waals surface area contributed by atoms with Gasteiger partial charge in [-0.25, -0.2) is 9.03 Å². The quantitative estimate of drug-likeness (QED) is 0.721. The first-order valence-corrected chi connectivity index (χ1v) is 8.12. The zero-order chi connectivity index (χ0) is 16.6. The number of pyridine rings is 1. The molecule has 1 aromatic heterocycles. The molecular formula is C14H13N3O5S. The van der Waals surface area contributed by atoms with Crippen LogP contribution in [0, 0.1) is 0 Å². The molecule has 1 aliphatic rings. The number of benzene rings is 1. The van der Waals surface area contributed by atoms with Crippen molar-refractivity contribution in [3.63, 3.8) is 0 Å². The number of anilines is 1. The Balaban J connectivity index is 1.90. The van der Waals surface area contributed by atoms with Crippen molar-refractivity contribution < 1.29 is 18.3 Å². The Bertz CT molecular complexity index is 935. The lowest BCUT2D eigenvalue weighted by atomic mass is 10.1. The molecule has 0 aliphatic carbocycles. The van der Waals surface area contributed by atoms with Gasteiger partial charge in [0.15, 0.2) is 0 Å². The van der Waals surface area contributed by atoms with Crippen molar-refractivity contribution in [3.05, 3.63) is 58.0 Å². The summed E-state index contributed by atoms with van der Waals surface area (Å²) in [5.74, 6) is -0.920. The predicted molar refractivity (Wildman–Crippen MR) is 82.4 cm³/mol. The maximum atomic E-state index is 11.8. The van der Waals surface area contributed by atoms with Gasteiger partial charge in [-0.05, 0) is 23.8 Å². The maximum Gasteiger partial charge on any atom is 0.326 e. The van der Waals surface area contributed by atoms with Crippen LogP contribution in [0.1, 0.15) is 11.3 Å². The molecule has 23 heavy (non-hydrogen) atoms. The van der Waals surface area contributed by atoms with Gasteiger partial charge >= 0.3 is 10.2 Å². The Morgan fingerprint density at radius 3 is 2.57 bits per heavy atom. The number of aromatic nitrogens is 1. The van der Waals surface area contributed by atoms with E-state index in [1.54, 1.807) is 18.2 Å². The number of aromatic hydroxyl groups is 1. The van der Waals surface area contributed by atoms with Gasteiger partial charge in [0.2, 0.25) is 5.56 Å². The van der Waals surface area contributed by atoms with Crippen molar-refractivity contribution in [1.82, 2.24) is 9.71 Å². The first-order chi connectivity index (χ1) is 10.8. The average molecular weight is 335 g/mol. The summed E-state index contributed by atoms with van der Waals surface area (Å²) in [5, 5.41) is 10.1. The summed E-state index contributed by atoms with van der Waals surface area (Å²) >= 11 is 0.